The van der Waals surface area contributed by atoms with E-state index in [9.17, 15) is 10.2 Å². The van der Waals surface area contributed by atoms with Crippen molar-refractivity contribution < 1.29 is 19.7 Å². The second-order valence-corrected chi connectivity index (χ2v) is 7.99. The number of aryl methyl sites for hydroxylation is 1. The van der Waals surface area contributed by atoms with E-state index in [0.29, 0.717) is 29.4 Å². The van der Waals surface area contributed by atoms with Gasteiger partial charge in [0.1, 0.15) is 12.4 Å². The van der Waals surface area contributed by atoms with Crippen molar-refractivity contribution in [1.82, 2.24) is 4.90 Å². The predicted molar refractivity (Wildman–Crippen MR) is 110 cm³/mol. The van der Waals surface area contributed by atoms with Gasteiger partial charge in [0, 0.05) is 13.1 Å². The largest absolute Gasteiger partial charge is 0.504 e. The van der Waals surface area contributed by atoms with Crippen LogP contribution in [-0.2, 0) is 6.54 Å². The summed E-state index contributed by atoms with van der Waals surface area (Å²) in [4.78, 5) is 2.29. The van der Waals surface area contributed by atoms with Crippen LogP contribution in [-0.4, -0.2) is 47.5 Å². The van der Waals surface area contributed by atoms with Crippen LogP contribution < -0.4 is 9.47 Å². The molecular weight excluding hydrogens is 378 g/mol. The minimum atomic E-state index is -0.871. The molecule has 1 fully saturated rings. The van der Waals surface area contributed by atoms with E-state index in [0.717, 1.165) is 37.2 Å². The Hall–Kier alpha value is -1.95. The van der Waals surface area contributed by atoms with Crippen LogP contribution in [0.2, 0.25) is 5.02 Å². The van der Waals surface area contributed by atoms with Crippen LogP contribution in [0.5, 0.6) is 17.2 Å². The van der Waals surface area contributed by atoms with E-state index < -0.39 is 5.60 Å². The first-order chi connectivity index (χ1) is 13.4. The SMILES string of the molecule is COc1ccc(CN2CCCC(O)(COc3cc(C)ccc3Cl)CC2)cc1O. The van der Waals surface area contributed by atoms with Crippen LogP contribution >= 0.6 is 11.6 Å². The monoisotopic (exact) mass is 405 g/mol. The van der Waals surface area contributed by atoms with Crippen LogP contribution in [0.25, 0.3) is 0 Å². The molecule has 0 spiro atoms. The summed E-state index contributed by atoms with van der Waals surface area (Å²) in [7, 11) is 1.54. The Bertz CT molecular complexity index is 813. The molecular formula is C22H28ClNO4. The second-order valence-electron chi connectivity index (χ2n) is 7.58. The van der Waals surface area contributed by atoms with Crippen LogP contribution in [0.4, 0.5) is 0 Å². The highest BCUT2D eigenvalue weighted by atomic mass is 35.5. The van der Waals surface area contributed by atoms with Crippen molar-refractivity contribution in [2.24, 2.45) is 0 Å². The first kappa shape index (κ1) is 20.8. The molecule has 1 atom stereocenters. The molecule has 0 radical (unpaired) electrons. The maximum Gasteiger partial charge on any atom is 0.160 e. The molecule has 1 aliphatic heterocycles. The number of hydrogen-bond donors (Lipinski definition) is 2. The lowest BCUT2D eigenvalue weighted by molar-refractivity contribution is -0.0168. The van der Waals surface area contributed by atoms with Gasteiger partial charge in [-0.2, -0.15) is 0 Å². The van der Waals surface area contributed by atoms with E-state index in [2.05, 4.69) is 4.90 Å². The van der Waals surface area contributed by atoms with Crippen molar-refractivity contribution in [2.45, 2.75) is 38.3 Å². The van der Waals surface area contributed by atoms with E-state index in [1.54, 1.807) is 12.1 Å². The Labute approximate surface area is 171 Å². The number of nitrogens with zero attached hydrogens (tertiary/aromatic N) is 1. The first-order valence-electron chi connectivity index (χ1n) is 9.58. The van der Waals surface area contributed by atoms with Crippen LogP contribution in [0.3, 0.4) is 0 Å². The lowest BCUT2D eigenvalue weighted by Gasteiger charge is -2.27. The number of methoxy groups -OCH3 is 1. The number of phenols is 1. The van der Waals surface area contributed by atoms with Gasteiger partial charge in [-0.05, 0) is 68.1 Å². The predicted octanol–water partition coefficient (Wildman–Crippen LogP) is 4.16. The van der Waals surface area contributed by atoms with Crippen LogP contribution in [0.15, 0.2) is 36.4 Å². The van der Waals surface area contributed by atoms with Crippen molar-refractivity contribution >= 4 is 11.6 Å². The average molecular weight is 406 g/mol. The van der Waals surface area contributed by atoms with Gasteiger partial charge in [0.25, 0.3) is 0 Å². The molecule has 3 rings (SSSR count). The first-order valence-corrected chi connectivity index (χ1v) is 9.96. The van der Waals surface area contributed by atoms with Crippen molar-refractivity contribution in [3.8, 4) is 17.2 Å². The third-order valence-electron chi connectivity index (χ3n) is 5.24. The molecule has 28 heavy (non-hydrogen) atoms. The van der Waals surface area contributed by atoms with Crippen LogP contribution in [0.1, 0.15) is 30.4 Å². The summed E-state index contributed by atoms with van der Waals surface area (Å²) < 4.78 is 11.0. The molecule has 1 aliphatic rings. The molecule has 152 valence electrons. The molecule has 0 aliphatic carbocycles. The van der Waals surface area contributed by atoms with Crippen molar-refractivity contribution in [2.75, 3.05) is 26.8 Å². The minimum Gasteiger partial charge on any atom is -0.504 e. The van der Waals surface area contributed by atoms with Crippen LogP contribution in [0, 0.1) is 6.92 Å². The van der Waals surface area contributed by atoms with E-state index in [4.69, 9.17) is 21.1 Å². The van der Waals surface area contributed by atoms with Gasteiger partial charge in [-0.15, -0.1) is 0 Å². The van der Waals surface area contributed by atoms with Gasteiger partial charge in [0.15, 0.2) is 11.5 Å². The molecule has 1 saturated heterocycles. The van der Waals surface area contributed by atoms with Crippen molar-refractivity contribution in [3.05, 3.63) is 52.5 Å². The van der Waals surface area contributed by atoms with Gasteiger partial charge < -0.3 is 19.7 Å². The summed E-state index contributed by atoms with van der Waals surface area (Å²) in [6.07, 6.45) is 2.18. The highest BCUT2D eigenvalue weighted by Crippen LogP contribution is 2.30. The Kier molecular flexibility index (Phi) is 6.70. The molecule has 2 N–H and O–H groups in total. The smallest absolute Gasteiger partial charge is 0.160 e. The number of phenolic OH excluding ortho intramolecular Hbond substituents is 1. The van der Waals surface area contributed by atoms with Gasteiger partial charge in [-0.3, -0.25) is 4.90 Å². The normalized spacial score (nSPS) is 20.6. The van der Waals surface area contributed by atoms with E-state index in [1.165, 1.54) is 7.11 Å². The Balaban J connectivity index is 1.57. The summed E-state index contributed by atoms with van der Waals surface area (Å²) >= 11 is 6.20. The quantitative estimate of drug-likeness (QED) is 0.755. The number of benzene rings is 2. The molecule has 1 unspecified atom stereocenters. The fourth-order valence-corrected chi connectivity index (χ4v) is 3.73. The highest BCUT2D eigenvalue weighted by Gasteiger charge is 2.31. The minimum absolute atomic E-state index is 0.148. The zero-order chi connectivity index (χ0) is 20.1. The standard InChI is InChI=1S/C22H28ClNO4/c1-16-4-6-18(23)21(12-16)28-15-22(26)8-3-10-24(11-9-22)14-17-5-7-20(27-2)19(25)13-17/h4-7,12-13,25-26H,3,8-11,14-15H2,1-2H3. The second kappa shape index (κ2) is 9.03. The lowest BCUT2D eigenvalue weighted by atomic mass is 9.96. The van der Waals surface area contributed by atoms with Crippen molar-refractivity contribution in [1.29, 1.82) is 0 Å². The Morgan fingerprint density at radius 3 is 2.68 bits per heavy atom. The molecule has 1 heterocycles. The number of rotatable bonds is 6. The van der Waals surface area contributed by atoms with Gasteiger partial charge in [0.05, 0.1) is 17.7 Å². The maximum absolute atomic E-state index is 11.0. The molecule has 0 saturated carbocycles. The summed E-state index contributed by atoms with van der Waals surface area (Å²) in [6.45, 7) is 4.58. The average Bonchev–Trinajstić information content (AvgIpc) is 2.85. The molecule has 2 aromatic rings. The number of ether oxygens (including phenoxy) is 2. The van der Waals surface area contributed by atoms with E-state index >= 15 is 0 Å². The van der Waals surface area contributed by atoms with E-state index in [-0.39, 0.29) is 12.4 Å². The molecule has 5 nitrogen and oxygen atoms in total. The number of hydrogen-bond acceptors (Lipinski definition) is 5. The summed E-state index contributed by atoms with van der Waals surface area (Å²) in [5, 5.41) is 21.5. The molecule has 2 aromatic carbocycles. The molecule has 6 heteroatoms. The molecule has 0 bridgehead atoms. The molecule has 0 amide bonds. The fourth-order valence-electron chi connectivity index (χ4n) is 3.56. The van der Waals surface area contributed by atoms with Gasteiger partial charge in [-0.25, -0.2) is 0 Å². The summed E-state index contributed by atoms with van der Waals surface area (Å²) in [5.74, 6) is 1.24. The lowest BCUT2D eigenvalue weighted by Crippen LogP contribution is -2.37. The zero-order valence-corrected chi connectivity index (χ0v) is 17.2. The van der Waals surface area contributed by atoms with Gasteiger partial charge in [0.2, 0.25) is 0 Å². The Morgan fingerprint density at radius 1 is 1.11 bits per heavy atom. The maximum atomic E-state index is 11.0. The van der Waals surface area contributed by atoms with Gasteiger partial charge in [-0.1, -0.05) is 23.7 Å². The summed E-state index contributed by atoms with van der Waals surface area (Å²) in [6, 6.07) is 11.1. The Morgan fingerprint density at radius 2 is 1.93 bits per heavy atom. The highest BCUT2D eigenvalue weighted by molar-refractivity contribution is 6.32. The number of halogens is 1. The zero-order valence-electron chi connectivity index (χ0n) is 16.4. The number of likely N-dealkylation sites (tertiary alicyclic amines) is 1. The topological polar surface area (TPSA) is 62.2 Å². The van der Waals surface area contributed by atoms with Gasteiger partial charge >= 0.3 is 0 Å². The summed E-state index contributed by atoms with van der Waals surface area (Å²) in [5.41, 5.74) is 1.22. The number of aromatic hydroxyl groups is 1. The third-order valence-corrected chi connectivity index (χ3v) is 5.55. The molecule has 0 aromatic heterocycles. The fraction of sp³-hybridized carbons (Fsp3) is 0.455. The third kappa shape index (κ3) is 5.31. The van der Waals surface area contributed by atoms with Crippen molar-refractivity contribution in [3.63, 3.8) is 0 Å². The number of aliphatic hydroxyl groups is 1. The van der Waals surface area contributed by atoms with E-state index in [1.807, 2.05) is 31.2 Å².